The highest BCUT2D eigenvalue weighted by molar-refractivity contribution is 5.70. The predicted octanol–water partition coefficient (Wildman–Crippen LogP) is 3.10. The van der Waals surface area contributed by atoms with Crippen molar-refractivity contribution in [3.8, 4) is 5.75 Å². The number of hydrogen-bond donors (Lipinski definition) is 1. The van der Waals surface area contributed by atoms with Gasteiger partial charge in [0.15, 0.2) is 0 Å². The lowest BCUT2D eigenvalue weighted by Gasteiger charge is -2.12. The molecule has 0 unspecified atom stereocenters. The Morgan fingerprint density at radius 3 is 2.50 bits per heavy atom. The van der Waals surface area contributed by atoms with Crippen molar-refractivity contribution in [3.63, 3.8) is 0 Å². The van der Waals surface area contributed by atoms with Crippen LogP contribution in [0, 0.1) is 11.8 Å². The minimum absolute atomic E-state index is 0.0585. The van der Waals surface area contributed by atoms with Crippen LogP contribution in [0.3, 0.4) is 0 Å². The lowest BCUT2D eigenvalue weighted by molar-refractivity contribution is -0.143. The van der Waals surface area contributed by atoms with Gasteiger partial charge in [-0.2, -0.15) is 0 Å². The van der Waals surface area contributed by atoms with Gasteiger partial charge >= 0.3 is 5.97 Å². The van der Waals surface area contributed by atoms with Gasteiger partial charge in [0.25, 0.3) is 0 Å². The summed E-state index contributed by atoms with van der Waals surface area (Å²) in [4.78, 5) is 11.2. The molecule has 0 aromatic heterocycles. The first-order valence-electron chi connectivity index (χ1n) is 7.11. The van der Waals surface area contributed by atoms with E-state index in [4.69, 9.17) is 9.47 Å². The average Bonchev–Trinajstić information content (AvgIpc) is 2.89. The molecule has 4 heteroatoms. The fourth-order valence-corrected chi connectivity index (χ4v) is 2.90. The summed E-state index contributed by atoms with van der Waals surface area (Å²) in [6.07, 6.45) is 2.44. The van der Waals surface area contributed by atoms with E-state index in [2.05, 4.69) is 0 Å². The number of hydrogen-bond acceptors (Lipinski definition) is 3. The zero-order valence-electron chi connectivity index (χ0n) is 12.0. The van der Waals surface area contributed by atoms with Crippen LogP contribution in [0.4, 0.5) is 0 Å². The molecule has 1 aromatic carbocycles. The molecule has 1 aliphatic carbocycles. The molecule has 0 bridgehead atoms. The van der Waals surface area contributed by atoms with E-state index in [-0.39, 0.29) is 17.9 Å². The molecule has 2 rings (SSSR count). The second-order valence-electron chi connectivity index (χ2n) is 5.37. The van der Waals surface area contributed by atoms with E-state index in [1.807, 2.05) is 31.2 Å². The number of carboxylic acid groups (broad SMARTS) is 1. The summed E-state index contributed by atoms with van der Waals surface area (Å²) in [6.45, 7) is 2.57. The summed E-state index contributed by atoms with van der Waals surface area (Å²) < 4.78 is 11.0. The molecule has 1 N–H and O–H groups in total. The van der Waals surface area contributed by atoms with E-state index in [0.29, 0.717) is 13.0 Å². The number of ether oxygens (including phenoxy) is 2. The Labute approximate surface area is 119 Å². The van der Waals surface area contributed by atoms with Gasteiger partial charge in [0, 0.05) is 0 Å². The van der Waals surface area contributed by atoms with Crippen LogP contribution in [-0.2, 0) is 16.1 Å². The molecule has 20 heavy (non-hydrogen) atoms. The largest absolute Gasteiger partial charge is 0.497 e. The Kier molecular flexibility index (Phi) is 5.01. The van der Waals surface area contributed by atoms with E-state index in [0.717, 1.165) is 24.2 Å². The number of carbonyl (C=O) groups is 1. The molecule has 3 atom stereocenters. The quantitative estimate of drug-likeness (QED) is 0.868. The summed E-state index contributed by atoms with van der Waals surface area (Å²) in [5, 5.41) is 9.21. The molecule has 0 radical (unpaired) electrons. The highest BCUT2D eigenvalue weighted by Crippen LogP contribution is 2.36. The molecule has 0 spiro atoms. The van der Waals surface area contributed by atoms with E-state index >= 15 is 0 Å². The molecule has 0 aliphatic heterocycles. The van der Waals surface area contributed by atoms with Crippen molar-refractivity contribution in [1.29, 1.82) is 0 Å². The van der Waals surface area contributed by atoms with Crippen molar-refractivity contribution in [3.05, 3.63) is 29.8 Å². The second-order valence-corrected chi connectivity index (χ2v) is 5.37. The molecule has 1 fully saturated rings. The number of benzene rings is 1. The number of carboxylic acids is 1. The minimum atomic E-state index is -0.688. The SMILES string of the molecule is CC[C@@H]1C[C@@H](OCc2ccc(OC)cc2)C[C@H]1C(=O)O. The first-order chi connectivity index (χ1) is 9.63. The monoisotopic (exact) mass is 278 g/mol. The van der Waals surface area contributed by atoms with Gasteiger partial charge in [0.2, 0.25) is 0 Å². The van der Waals surface area contributed by atoms with Crippen LogP contribution >= 0.6 is 0 Å². The van der Waals surface area contributed by atoms with Gasteiger partial charge in [0.05, 0.1) is 25.7 Å². The van der Waals surface area contributed by atoms with E-state index in [9.17, 15) is 9.90 Å². The van der Waals surface area contributed by atoms with Crippen molar-refractivity contribution in [2.75, 3.05) is 7.11 Å². The first kappa shape index (κ1) is 14.9. The average molecular weight is 278 g/mol. The fourth-order valence-electron chi connectivity index (χ4n) is 2.90. The highest BCUT2D eigenvalue weighted by Gasteiger charge is 2.38. The summed E-state index contributed by atoms with van der Waals surface area (Å²) in [5.41, 5.74) is 1.08. The smallest absolute Gasteiger partial charge is 0.306 e. The van der Waals surface area contributed by atoms with Gasteiger partial charge in [0.1, 0.15) is 5.75 Å². The summed E-state index contributed by atoms with van der Waals surface area (Å²) in [5.74, 6) is 0.133. The highest BCUT2D eigenvalue weighted by atomic mass is 16.5. The molecule has 1 aromatic rings. The van der Waals surface area contributed by atoms with Crippen LogP contribution in [0.5, 0.6) is 5.75 Å². The maximum absolute atomic E-state index is 11.2. The van der Waals surface area contributed by atoms with Crippen LogP contribution in [0.1, 0.15) is 31.7 Å². The summed E-state index contributed by atoms with van der Waals surface area (Å²) >= 11 is 0. The molecule has 0 heterocycles. The van der Waals surface area contributed by atoms with Gasteiger partial charge in [-0.3, -0.25) is 4.79 Å². The van der Waals surface area contributed by atoms with E-state index < -0.39 is 5.97 Å². The fraction of sp³-hybridized carbons (Fsp3) is 0.562. The van der Waals surface area contributed by atoms with E-state index in [1.165, 1.54) is 0 Å². The number of methoxy groups -OCH3 is 1. The first-order valence-corrected chi connectivity index (χ1v) is 7.11. The molecule has 110 valence electrons. The Balaban J connectivity index is 1.86. The molecular weight excluding hydrogens is 256 g/mol. The third kappa shape index (κ3) is 3.51. The van der Waals surface area contributed by atoms with Crippen molar-refractivity contribution < 1.29 is 19.4 Å². The lowest BCUT2D eigenvalue weighted by Crippen LogP contribution is -2.17. The third-order valence-corrected chi connectivity index (χ3v) is 4.14. The van der Waals surface area contributed by atoms with Gasteiger partial charge in [-0.1, -0.05) is 25.5 Å². The maximum atomic E-state index is 11.2. The summed E-state index contributed by atoms with van der Waals surface area (Å²) in [6, 6.07) is 7.75. The Hall–Kier alpha value is -1.55. The Bertz CT molecular complexity index is 440. The predicted molar refractivity (Wildman–Crippen MR) is 75.7 cm³/mol. The van der Waals surface area contributed by atoms with Crippen LogP contribution < -0.4 is 4.74 Å². The zero-order valence-corrected chi connectivity index (χ0v) is 12.0. The van der Waals surface area contributed by atoms with Crippen LogP contribution in [0.2, 0.25) is 0 Å². The molecule has 4 nitrogen and oxygen atoms in total. The molecule has 1 aliphatic rings. The number of aliphatic carboxylic acids is 1. The Morgan fingerprint density at radius 2 is 2.00 bits per heavy atom. The maximum Gasteiger partial charge on any atom is 0.306 e. The van der Waals surface area contributed by atoms with Gasteiger partial charge in [-0.15, -0.1) is 0 Å². The van der Waals surface area contributed by atoms with Gasteiger partial charge in [-0.05, 0) is 36.5 Å². The number of rotatable bonds is 6. The van der Waals surface area contributed by atoms with Crippen molar-refractivity contribution >= 4 is 5.97 Å². The lowest BCUT2D eigenvalue weighted by atomic mass is 9.94. The molecule has 0 saturated heterocycles. The van der Waals surface area contributed by atoms with Crippen LogP contribution in [0.15, 0.2) is 24.3 Å². The van der Waals surface area contributed by atoms with Crippen molar-refractivity contribution in [2.24, 2.45) is 11.8 Å². The molecule has 0 amide bonds. The third-order valence-electron chi connectivity index (χ3n) is 4.14. The van der Waals surface area contributed by atoms with Gasteiger partial charge < -0.3 is 14.6 Å². The standard InChI is InChI=1S/C16H22O4/c1-3-12-8-14(9-15(12)16(17)18)20-10-11-4-6-13(19-2)7-5-11/h4-7,12,14-15H,3,8-10H2,1-2H3,(H,17,18)/t12-,14-,15-/m1/s1. The topological polar surface area (TPSA) is 55.8 Å². The minimum Gasteiger partial charge on any atom is -0.497 e. The van der Waals surface area contributed by atoms with Gasteiger partial charge in [-0.25, -0.2) is 0 Å². The van der Waals surface area contributed by atoms with E-state index in [1.54, 1.807) is 7.11 Å². The van der Waals surface area contributed by atoms with Crippen molar-refractivity contribution in [2.45, 2.75) is 38.9 Å². The Morgan fingerprint density at radius 1 is 1.30 bits per heavy atom. The second kappa shape index (κ2) is 6.75. The summed E-state index contributed by atoms with van der Waals surface area (Å²) in [7, 11) is 1.64. The van der Waals surface area contributed by atoms with Crippen LogP contribution in [0.25, 0.3) is 0 Å². The normalized spacial score (nSPS) is 25.6. The van der Waals surface area contributed by atoms with Crippen LogP contribution in [-0.4, -0.2) is 24.3 Å². The molecule has 1 saturated carbocycles. The van der Waals surface area contributed by atoms with Crippen molar-refractivity contribution in [1.82, 2.24) is 0 Å². The molecular formula is C16H22O4. The zero-order chi connectivity index (χ0) is 14.5.